The van der Waals surface area contributed by atoms with Gasteiger partial charge in [0.2, 0.25) is 5.91 Å². The topological polar surface area (TPSA) is 76.1 Å². The first-order chi connectivity index (χ1) is 10.1. The highest BCUT2D eigenvalue weighted by Crippen LogP contribution is 2.30. The summed E-state index contributed by atoms with van der Waals surface area (Å²) in [6, 6.07) is 6.77. The molecule has 1 heterocycles. The number of ether oxygens (including phenoxy) is 2. The molecule has 1 N–H and O–H groups in total. The minimum Gasteiger partial charge on any atom is -0.479 e. The van der Waals surface area contributed by atoms with Crippen LogP contribution in [0.4, 0.5) is 0 Å². The molecule has 6 heteroatoms. The third-order valence-corrected chi connectivity index (χ3v) is 3.52. The van der Waals surface area contributed by atoms with Crippen LogP contribution in [-0.4, -0.2) is 48.2 Å². The van der Waals surface area contributed by atoms with Gasteiger partial charge in [0, 0.05) is 13.7 Å². The number of morpholine rings is 1. The molecule has 1 aromatic carbocycles. The highest BCUT2D eigenvalue weighted by molar-refractivity contribution is 5.83. The van der Waals surface area contributed by atoms with Crippen molar-refractivity contribution in [3.8, 4) is 0 Å². The largest absolute Gasteiger partial charge is 0.479 e. The van der Waals surface area contributed by atoms with E-state index in [9.17, 15) is 14.7 Å². The van der Waals surface area contributed by atoms with Gasteiger partial charge in [-0.25, -0.2) is 4.79 Å². The normalized spacial score (nSPS) is 22.4. The van der Waals surface area contributed by atoms with Crippen LogP contribution < -0.4 is 0 Å². The van der Waals surface area contributed by atoms with Crippen molar-refractivity contribution in [2.24, 2.45) is 0 Å². The van der Waals surface area contributed by atoms with Gasteiger partial charge < -0.3 is 19.5 Å². The summed E-state index contributed by atoms with van der Waals surface area (Å²) >= 11 is 0. The van der Waals surface area contributed by atoms with Gasteiger partial charge in [0.05, 0.1) is 12.6 Å². The van der Waals surface area contributed by atoms with Gasteiger partial charge in [-0.15, -0.1) is 0 Å². The summed E-state index contributed by atoms with van der Waals surface area (Å²) in [5.41, 5.74) is 1.67. The van der Waals surface area contributed by atoms with Gasteiger partial charge in [-0.05, 0) is 18.1 Å². The van der Waals surface area contributed by atoms with E-state index in [0.717, 1.165) is 11.1 Å². The Labute approximate surface area is 123 Å². The summed E-state index contributed by atoms with van der Waals surface area (Å²) in [7, 11) is 1.60. The third-order valence-electron chi connectivity index (χ3n) is 3.52. The fourth-order valence-corrected chi connectivity index (χ4v) is 2.62. The molecular formula is C15H19NO5. The highest BCUT2D eigenvalue weighted by Gasteiger charge is 2.41. The van der Waals surface area contributed by atoms with Crippen molar-refractivity contribution in [1.29, 1.82) is 0 Å². The Kier molecular flexibility index (Phi) is 4.93. The van der Waals surface area contributed by atoms with Crippen LogP contribution in [0.3, 0.4) is 0 Å². The van der Waals surface area contributed by atoms with Crippen molar-refractivity contribution in [2.75, 3.05) is 20.3 Å². The third kappa shape index (κ3) is 3.22. The predicted molar refractivity (Wildman–Crippen MR) is 74.7 cm³/mol. The molecule has 1 amide bonds. The number of methoxy groups -OCH3 is 1. The van der Waals surface area contributed by atoms with E-state index in [0.29, 0.717) is 13.2 Å². The van der Waals surface area contributed by atoms with E-state index in [2.05, 4.69) is 0 Å². The number of carbonyl (C=O) groups excluding carboxylic acids is 1. The summed E-state index contributed by atoms with van der Waals surface area (Å²) in [6.07, 6.45) is -1.06. The van der Waals surface area contributed by atoms with Gasteiger partial charge in [0.1, 0.15) is 6.61 Å². The lowest BCUT2D eigenvalue weighted by Gasteiger charge is -2.39. The molecule has 1 aliphatic heterocycles. The van der Waals surface area contributed by atoms with E-state index >= 15 is 0 Å². The van der Waals surface area contributed by atoms with E-state index in [1.165, 1.54) is 0 Å². The molecule has 0 saturated carbocycles. The van der Waals surface area contributed by atoms with Crippen LogP contribution in [0, 0.1) is 0 Å². The molecule has 2 unspecified atom stereocenters. The first kappa shape index (κ1) is 15.5. The van der Waals surface area contributed by atoms with Gasteiger partial charge in [-0.2, -0.15) is 0 Å². The molecule has 1 aliphatic rings. The van der Waals surface area contributed by atoms with Gasteiger partial charge >= 0.3 is 5.97 Å². The standard InChI is InChI=1S/C15H19NO5/c1-3-16-12(17)9-21-14(15(18)19)13(16)11-6-4-5-10(7-11)8-20-2/h4-7,13-14H,3,8-9H2,1-2H3,(H,18,19). The summed E-state index contributed by atoms with van der Waals surface area (Å²) in [5.74, 6) is -1.26. The first-order valence-electron chi connectivity index (χ1n) is 6.80. The maximum absolute atomic E-state index is 12.0. The van der Waals surface area contributed by atoms with Gasteiger partial charge in [-0.1, -0.05) is 24.3 Å². The molecule has 0 aliphatic carbocycles. The predicted octanol–water partition coefficient (Wildman–Crippen LogP) is 1.21. The summed E-state index contributed by atoms with van der Waals surface area (Å²) in [6.45, 7) is 2.50. The Morgan fingerprint density at radius 1 is 1.52 bits per heavy atom. The number of nitrogens with zero attached hydrogens (tertiary/aromatic N) is 1. The zero-order chi connectivity index (χ0) is 15.4. The monoisotopic (exact) mass is 293 g/mol. The van der Waals surface area contributed by atoms with Crippen LogP contribution in [0.2, 0.25) is 0 Å². The number of hydrogen-bond donors (Lipinski definition) is 1. The Balaban J connectivity index is 2.40. The lowest BCUT2D eigenvalue weighted by atomic mass is 9.96. The van der Waals surface area contributed by atoms with Crippen LogP contribution in [0.1, 0.15) is 24.1 Å². The van der Waals surface area contributed by atoms with Crippen molar-refractivity contribution in [2.45, 2.75) is 25.7 Å². The summed E-state index contributed by atoms with van der Waals surface area (Å²) in [5, 5.41) is 9.35. The van der Waals surface area contributed by atoms with E-state index in [1.54, 1.807) is 12.0 Å². The second-order valence-corrected chi connectivity index (χ2v) is 4.87. The zero-order valence-electron chi connectivity index (χ0n) is 12.1. The number of likely N-dealkylation sites (N-methyl/N-ethyl adjacent to an activating group) is 1. The molecule has 1 fully saturated rings. The first-order valence-corrected chi connectivity index (χ1v) is 6.80. The zero-order valence-corrected chi connectivity index (χ0v) is 12.1. The molecule has 1 saturated heterocycles. The van der Waals surface area contributed by atoms with Crippen molar-refractivity contribution < 1.29 is 24.2 Å². The molecule has 0 bridgehead atoms. The molecule has 2 rings (SSSR count). The molecule has 21 heavy (non-hydrogen) atoms. The number of carbonyl (C=O) groups is 2. The van der Waals surface area contributed by atoms with Crippen molar-refractivity contribution in [3.63, 3.8) is 0 Å². The van der Waals surface area contributed by atoms with E-state index < -0.39 is 18.1 Å². The molecule has 114 valence electrons. The second kappa shape index (κ2) is 6.69. The van der Waals surface area contributed by atoms with Crippen molar-refractivity contribution in [1.82, 2.24) is 4.90 Å². The van der Waals surface area contributed by atoms with Crippen LogP contribution in [0.5, 0.6) is 0 Å². The smallest absolute Gasteiger partial charge is 0.335 e. The lowest BCUT2D eigenvalue weighted by Crippen LogP contribution is -2.51. The van der Waals surface area contributed by atoms with Crippen LogP contribution >= 0.6 is 0 Å². The molecule has 0 radical (unpaired) electrons. The van der Waals surface area contributed by atoms with Crippen LogP contribution in [-0.2, 0) is 25.7 Å². The number of benzene rings is 1. The second-order valence-electron chi connectivity index (χ2n) is 4.87. The SMILES string of the molecule is CCN1C(=O)COC(C(=O)O)C1c1cccc(COC)c1. The number of rotatable bonds is 5. The molecule has 0 spiro atoms. The van der Waals surface area contributed by atoms with Crippen LogP contribution in [0.15, 0.2) is 24.3 Å². The molecule has 2 atom stereocenters. The number of carboxylic acid groups (broad SMARTS) is 1. The van der Waals surface area contributed by atoms with Crippen molar-refractivity contribution >= 4 is 11.9 Å². The maximum Gasteiger partial charge on any atom is 0.335 e. The molecule has 0 aromatic heterocycles. The molecule has 6 nitrogen and oxygen atoms in total. The minimum absolute atomic E-state index is 0.195. The lowest BCUT2D eigenvalue weighted by molar-refractivity contribution is -0.172. The Morgan fingerprint density at radius 2 is 2.29 bits per heavy atom. The summed E-state index contributed by atoms with van der Waals surface area (Å²) < 4.78 is 10.3. The van der Waals surface area contributed by atoms with Gasteiger partial charge in [0.15, 0.2) is 6.10 Å². The average molecular weight is 293 g/mol. The van der Waals surface area contributed by atoms with Gasteiger partial charge in [0.25, 0.3) is 0 Å². The highest BCUT2D eigenvalue weighted by atomic mass is 16.5. The van der Waals surface area contributed by atoms with E-state index in [4.69, 9.17) is 9.47 Å². The number of amides is 1. The number of aliphatic carboxylic acids is 1. The molecular weight excluding hydrogens is 274 g/mol. The average Bonchev–Trinajstić information content (AvgIpc) is 2.47. The van der Waals surface area contributed by atoms with E-state index in [-0.39, 0.29) is 12.5 Å². The van der Waals surface area contributed by atoms with E-state index in [1.807, 2.05) is 31.2 Å². The fourth-order valence-electron chi connectivity index (χ4n) is 2.62. The van der Waals surface area contributed by atoms with Crippen LogP contribution in [0.25, 0.3) is 0 Å². The Morgan fingerprint density at radius 3 is 2.90 bits per heavy atom. The Bertz CT molecular complexity index is 529. The minimum atomic E-state index is -1.07. The Hall–Kier alpha value is -1.92. The molecule has 1 aromatic rings. The van der Waals surface area contributed by atoms with Gasteiger partial charge in [-0.3, -0.25) is 4.79 Å². The summed E-state index contributed by atoms with van der Waals surface area (Å²) in [4.78, 5) is 25.0. The fraction of sp³-hybridized carbons (Fsp3) is 0.467. The van der Waals surface area contributed by atoms with Crippen molar-refractivity contribution in [3.05, 3.63) is 35.4 Å². The number of hydrogen-bond acceptors (Lipinski definition) is 4. The quantitative estimate of drug-likeness (QED) is 0.883. The number of carboxylic acids is 1. The maximum atomic E-state index is 12.0.